The fourth-order valence-electron chi connectivity index (χ4n) is 2.77. The van der Waals surface area contributed by atoms with Crippen molar-refractivity contribution in [2.75, 3.05) is 12.4 Å². The van der Waals surface area contributed by atoms with Gasteiger partial charge in [-0.05, 0) is 54.7 Å². The minimum absolute atomic E-state index is 0.299. The molecule has 0 heterocycles. The highest BCUT2D eigenvalue weighted by Gasteiger charge is 2.18. The van der Waals surface area contributed by atoms with E-state index in [0.717, 1.165) is 17.7 Å². The summed E-state index contributed by atoms with van der Waals surface area (Å²) in [7, 11) is 1.31. The predicted octanol–water partition coefficient (Wildman–Crippen LogP) is 4.57. The standard InChI is InChI=1S/C24H27NO5/c1-5-16(2)20-8-6-7-9-21(20)25-23(27)17(3)30-22(26)15-12-18-10-13-19(14-11-18)24(28)29-4/h6-17H,5H2,1-4H3,(H,25,27)/b15-12+. The third-order valence-electron chi connectivity index (χ3n) is 4.77. The molecule has 1 N–H and O–H groups in total. The summed E-state index contributed by atoms with van der Waals surface area (Å²) in [5.74, 6) is -1.16. The molecule has 6 heteroatoms. The summed E-state index contributed by atoms with van der Waals surface area (Å²) in [5.41, 5.74) is 2.89. The van der Waals surface area contributed by atoms with Gasteiger partial charge in [0.15, 0.2) is 6.10 Å². The minimum Gasteiger partial charge on any atom is -0.465 e. The summed E-state index contributed by atoms with van der Waals surface area (Å²) in [6.45, 7) is 5.71. The van der Waals surface area contributed by atoms with Crippen LogP contribution in [-0.2, 0) is 19.1 Å². The number of nitrogens with one attached hydrogen (secondary N) is 1. The van der Waals surface area contributed by atoms with Crippen LogP contribution in [0.15, 0.2) is 54.6 Å². The summed E-state index contributed by atoms with van der Waals surface area (Å²) in [5, 5.41) is 2.84. The second kappa shape index (κ2) is 11.0. The number of carbonyl (C=O) groups excluding carboxylic acids is 3. The topological polar surface area (TPSA) is 81.7 Å². The number of anilines is 1. The maximum atomic E-state index is 12.5. The van der Waals surface area contributed by atoms with Gasteiger partial charge in [-0.25, -0.2) is 9.59 Å². The Morgan fingerprint density at radius 1 is 1.03 bits per heavy atom. The molecule has 2 aromatic rings. The van der Waals surface area contributed by atoms with Gasteiger partial charge in [-0.15, -0.1) is 0 Å². The van der Waals surface area contributed by atoms with E-state index in [9.17, 15) is 14.4 Å². The molecule has 2 atom stereocenters. The average molecular weight is 409 g/mol. The van der Waals surface area contributed by atoms with Crippen LogP contribution in [0.4, 0.5) is 5.69 Å². The third kappa shape index (κ3) is 6.30. The number of carbonyl (C=O) groups is 3. The van der Waals surface area contributed by atoms with Crippen LogP contribution in [0, 0.1) is 0 Å². The molecule has 0 aliphatic heterocycles. The number of hydrogen-bond acceptors (Lipinski definition) is 5. The summed E-state index contributed by atoms with van der Waals surface area (Å²) in [6, 6.07) is 14.2. The lowest BCUT2D eigenvalue weighted by molar-refractivity contribution is -0.148. The first-order valence-corrected chi connectivity index (χ1v) is 9.82. The zero-order valence-electron chi connectivity index (χ0n) is 17.7. The van der Waals surface area contributed by atoms with Crippen molar-refractivity contribution in [3.63, 3.8) is 0 Å². The van der Waals surface area contributed by atoms with Gasteiger partial charge in [0, 0.05) is 11.8 Å². The van der Waals surface area contributed by atoms with E-state index in [2.05, 4.69) is 23.9 Å². The number of benzene rings is 2. The maximum absolute atomic E-state index is 12.5. The van der Waals surface area contributed by atoms with Crippen LogP contribution >= 0.6 is 0 Å². The quantitative estimate of drug-likeness (QED) is 0.510. The molecular formula is C24H27NO5. The van der Waals surface area contributed by atoms with Gasteiger partial charge in [0.05, 0.1) is 12.7 Å². The smallest absolute Gasteiger partial charge is 0.337 e. The summed E-state index contributed by atoms with van der Waals surface area (Å²) in [6.07, 6.45) is 2.79. The highest BCUT2D eigenvalue weighted by atomic mass is 16.5. The Morgan fingerprint density at radius 2 is 1.70 bits per heavy atom. The van der Waals surface area contributed by atoms with E-state index in [1.165, 1.54) is 20.1 Å². The number of hydrogen-bond donors (Lipinski definition) is 1. The predicted molar refractivity (Wildman–Crippen MR) is 116 cm³/mol. The Balaban J connectivity index is 1.95. The molecular weight excluding hydrogens is 382 g/mol. The maximum Gasteiger partial charge on any atom is 0.337 e. The van der Waals surface area contributed by atoms with Crippen molar-refractivity contribution in [2.24, 2.45) is 0 Å². The van der Waals surface area contributed by atoms with Crippen molar-refractivity contribution in [1.82, 2.24) is 0 Å². The van der Waals surface area contributed by atoms with Crippen LogP contribution in [0.3, 0.4) is 0 Å². The van der Waals surface area contributed by atoms with E-state index in [-0.39, 0.29) is 0 Å². The fourth-order valence-corrected chi connectivity index (χ4v) is 2.77. The molecule has 0 bridgehead atoms. The van der Waals surface area contributed by atoms with Crippen LogP contribution in [0.1, 0.15) is 54.6 Å². The van der Waals surface area contributed by atoms with Crippen LogP contribution in [-0.4, -0.2) is 31.1 Å². The lowest BCUT2D eigenvalue weighted by Crippen LogP contribution is -2.29. The zero-order valence-corrected chi connectivity index (χ0v) is 17.7. The van der Waals surface area contributed by atoms with Gasteiger partial charge >= 0.3 is 11.9 Å². The van der Waals surface area contributed by atoms with Gasteiger partial charge < -0.3 is 14.8 Å². The Bertz CT molecular complexity index is 917. The van der Waals surface area contributed by atoms with Gasteiger partial charge in [0.2, 0.25) is 0 Å². The number of amides is 1. The van der Waals surface area contributed by atoms with Crippen molar-refractivity contribution in [3.05, 3.63) is 71.3 Å². The van der Waals surface area contributed by atoms with Crippen molar-refractivity contribution in [2.45, 2.75) is 39.2 Å². The lowest BCUT2D eigenvalue weighted by atomic mass is 9.97. The zero-order chi connectivity index (χ0) is 22.1. The molecule has 2 aromatic carbocycles. The Morgan fingerprint density at radius 3 is 2.33 bits per heavy atom. The first-order chi connectivity index (χ1) is 14.3. The third-order valence-corrected chi connectivity index (χ3v) is 4.77. The summed E-state index contributed by atoms with van der Waals surface area (Å²) < 4.78 is 9.84. The Kier molecular flexibility index (Phi) is 8.35. The molecule has 2 rings (SSSR count). The van der Waals surface area contributed by atoms with E-state index in [0.29, 0.717) is 17.0 Å². The summed E-state index contributed by atoms with van der Waals surface area (Å²) >= 11 is 0. The van der Waals surface area contributed by atoms with E-state index in [1.54, 1.807) is 30.3 Å². The largest absolute Gasteiger partial charge is 0.465 e. The van der Waals surface area contributed by atoms with Crippen molar-refractivity contribution < 1.29 is 23.9 Å². The number of methoxy groups -OCH3 is 1. The molecule has 0 spiro atoms. The van der Waals surface area contributed by atoms with Crippen molar-refractivity contribution >= 4 is 29.6 Å². The van der Waals surface area contributed by atoms with E-state index < -0.39 is 23.9 Å². The number of ether oxygens (including phenoxy) is 2. The van der Waals surface area contributed by atoms with Gasteiger partial charge in [0.25, 0.3) is 5.91 Å². The minimum atomic E-state index is -0.950. The SMILES string of the molecule is CCC(C)c1ccccc1NC(=O)C(C)OC(=O)/C=C/c1ccc(C(=O)OC)cc1. The molecule has 2 unspecified atom stereocenters. The highest BCUT2D eigenvalue weighted by Crippen LogP contribution is 2.26. The first kappa shape index (κ1) is 22.9. The second-order valence-electron chi connectivity index (χ2n) is 6.91. The van der Waals surface area contributed by atoms with Crippen molar-refractivity contribution in [3.8, 4) is 0 Å². The molecule has 30 heavy (non-hydrogen) atoms. The normalized spacial score (nSPS) is 12.8. The molecule has 0 saturated carbocycles. The Labute approximate surface area is 176 Å². The van der Waals surface area contributed by atoms with Crippen LogP contribution in [0.25, 0.3) is 6.08 Å². The number of esters is 2. The van der Waals surface area contributed by atoms with E-state index in [1.807, 2.05) is 24.3 Å². The Hall–Kier alpha value is -3.41. The molecule has 0 aliphatic carbocycles. The van der Waals surface area contributed by atoms with Crippen molar-refractivity contribution in [1.29, 1.82) is 0 Å². The molecule has 6 nitrogen and oxygen atoms in total. The van der Waals surface area contributed by atoms with Gasteiger partial charge in [-0.2, -0.15) is 0 Å². The fraction of sp³-hybridized carbons (Fsp3) is 0.292. The van der Waals surface area contributed by atoms with Crippen LogP contribution < -0.4 is 5.32 Å². The number of rotatable bonds is 8. The van der Waals surface area contributed by atoms with Crippen LogP contribution in [0.2, 0.25) is 0 Å². The van der Waals surface area contributed by atoms with E-state index in [4.69, 9.17) is 4.74 Å². The molecule has 158 valence electrons. The van der Waals surface area contributed by atoms with Gasteiger partial charge in [-0.1, -0.05) is 44.2 Å². The molecule has 0 saturated heterocycles. The second-order valence-corrected chi connectivity index (χ2v) is 6.91. The number of para-hydroxylation sites is 1. The molecule has 0 aliphatic rings. The molecule has 0 aromatic heterocycles. The summed E-state index contributed by atoms with van der Waals surface area (Å²) in [4.78, 5) is 36.0. The average Bonchev–Trinajstić information content (AvgIpc) is 2.77. The molecule has 0 fully saturated rings. The molecule has 1 amide bonds. The van der Waals surface area contributed by atoms with Crippen LogP contribution in [0.5, 0.6) is 0 Å². The van der Waals surface area contributed by atoms with E-state index >= 15 is 0 Å². The highest BCUT2D eigenvalue weighted by molar-refractivity contribution is 5.97. The molecule has 0 radical (unpaired) electrons. The lowest BCUT2D eigenvalue weighted by Gasteiger charge is -2.17. The first-order valence-electron chi connectivity index (χ1n) is 9.82. The van der Waals surface area contributed by atoms with Gasteiger partial charge in [-0.3, -0.25) is 4.79 Å². The van der Waals surface area contributed by atoms with Gasteiger partial charge in [0.1, 0.15) is 0 Å². The monoisotopic (exact) mass is 409 g/mol.